The van der Waals surface area contributed by atoms with Crippen molar-refractivity contribution in [1.29, 1.82) is 0 Å². The van der Waals surface area contributed by atoms with Gasteiger partial charge in [-0.1, -0.05) is 0 Å². The molecule has 0 saturated heterocycles. The molecule has 0 aromatic heterocycles. The zero-order chi connectivity index (χ0) is 7.28. The maximum absolute atomic E-state index is 5.05. The van der Waals surface area contributed by atoms with Crippen molar-refractivity contribution in [3.05, 3.63) is 9.88 Å². The van der Waals surface area contributed by atoms with Gasteiger partial charge in [-0.3, -0.25) is 0 Å². The molecule has 0 unspecified atom stereocenters. The van der Waals surface area contributed by atoms with Crippen LogP contribution in [-0.4, -0.2) is 15.0 Å². The van der Waals surface area contributed by atoms with Gasteiger partial charge in [0.05, 0.1) is 0 Å². The Labute approximate surface area is 88.0 Å². The molecule has 0 rings (SSSR count). The fraction of sp³-hybridized carbons (Fsp3) is 0.714. The van der Waals surface area contributed by atoms with Crippen LogP contribution in [-0.2, 0) is 12.6 Å². The number of hydrogen-bond donors (Lipinski definition) is 0. The Morgan fingerprint density at radius 3 is 2.40 bits per heavy atom. The normalized spacial score (nSPS) is 11.4. The molecule has 0 aliphatic rings. The van der Waals surface area contributed by atoms with E-state index in [-0.39, 0.29) is 18.9 Å². The van der Waals surface area contributed by atoms with Gasteiger partial charge in [-0.25, -0.2) is 0 Å². The minimum Gasteiger partial charge on any atom is 1.00 e. The van der Waals surface area contributed by atoms with Crippen LogP contribution in [0.2, 0.25) is 5.32 Å². The molecule has 3 heteroatoms. The van der Waals surface area contributed by atoms with Crippen molar-refractivity contribution in [3.63, 3.8) is 0 Å². The van der Waals surface area contributed by atoms with E-state index in [1.807, 2.05) is 13.0 Å². The SMILES string of the molecule is C/C=C(/[S-])[Se]CC(C)C.[Li+]. The van der Waals surface area contributed by atoms with E-state index in [1.165, 1.54) is 5.32 Å². The van der Waals surface area contributed by atoms with Crippen LogP contribution in [0.4, 0.5) is 0 Å². The van der Waals surface area contributed by atoms with Gasteiger partial charge in [0.25, 0.3) is 0 Å². The van der Waals surface area contributed by atoms with Crippen LogP contribution in [0.5, 0.6) is 0 Å². The third kappa shape index (κ3) is 9.08. The Morgan fingerprint density at radius 2 is 2.10 bits per heavy atom. The molecular formula is C7H13LiSSe. The molecule has 10 heavy (non-hydrogen) atoms. The van der Waals surface area contributed by atoms with Crippen LogP contribution in [0.3, 0.4) is 0 Å². The van der Waals surface area contributed by atoms with Crippen LogP contribution in [0.15, 0.2) is 9.88 Å². The summed E-state index contributed by atoms with van der Waals surface area (Å²) in [7, 11) is 0. The van der Waals surface area contributed by atoms with Gasteiger partial charge >= 0.3 is 88.3 Å². The molecule has 0 aromatic carbocycles. The zero-order valence-electron chi connectivity index (χ0n) is 7.18. The molecule has 0 saturated carbocycles. The first-order chi connectivity index (χ1) is 4.16. The summed E-state index contributed by atoms with van der Waals surface area (Å²) in [6.45, 7) is 6.49. The third-order valence-electron chi connectivity index (χ3n) is 0.795. The number of allylic oxidation sites excluding steroid dienone is 1. The second-order valence-corrected chi connectivity index (χ2v) is 5.56. The van der Waals surface area contributed by atoms with E-state index in [9.17, 15) is 0 Å². The van der Waals surface area contributed by atoms with E-state index in [2.05, 4.69) is 13.8 Å². The smallest absolute Gasteiger partial charge is 1.00 e. The molecule has 0 nitrogen and oxygen atoms in total. The minimum atomic E-state index is 0. The first kappa shape index (κ1) is 13.7. The van der Waals surface area contributed by atoms with Crippen molar-refractivity contribution < 1.29 is 18.9 Å². The summed E-state index contributed by atoms with van der Waals surface area (Å²) in [6, 6.07) is 0. The standard InChI is InChI=1S/C7H14SSe.Li/c1-4-7(8)9-5-6(2)3;/h4,6,8H,5H2,1-3H3;/q;+1/p-1/b7-4-;. The van der Waals surface area contributed by atoms with E-state index in [0.717, 1.165) is 9.72 Å². The summed E-state index contributed by atoms with van der Waals surface area (Å²) in [6.07, 6.45) is 2.04. The predicted molar refractivity (Wildman–Crippen MR) is 46.5 cm³/mol. The van der Waals surface area contributed by atoms with Gasteiger partial charge in [-0.05, 0) is 0 Å². The summed E-state index contributed by atoms with van der Waals surface area (Å²) in [4.78, 5) is 0. The second-order valence-electron chi connectivity index (χ2n) is 2.31. The van der Waals surface area contributed by atoms with E-state index in [0.29, 0.717) is 15.0 Å². The molecule has 0 amide bonds. The Balaban J connectivity index is 0. The maximum Gasteiger partial charge on any atom is 1.00 e. The quantitative estimate of drug-likeness (QED) is 0.438. The second kappa shape index (κ2) is 8.18. The zero-order valence-corrected chi connectivity index (χ0v) is 9.71. The van der Waals surface area contributed by atoms with Crippen molar-refractivity contribution >= 4 is 27.6 Å². The van der Waals surface area contributed by atoms with Gasteiger partial charge in [0.1, 0.15) is 0 Å². The van der Waals surface area contributed by atoms with E-state index in [4.69, 9.17) is 12.6 Å². The summed E-state index contributed by atoms with van der Waals surface area (Å²) < 4.78 is 1.16. The molecule has 0 bridgehead atoms. The molecule has 0 spiro atoms. The van der Waals surface area contributed by atoms with Gasteiger partial charge in [0.2, 0.25) is 0 Å². The maximum atomic E-state index is 5.05. The minimum absolute atomic E-state index is 0. The van der Waals surface area contributed by atoms with Gasteiger partial charge in [0.15, 0.2) is 0 Å². The van der Waals surface area contributed by atoms with Crippen LogP contribution in [0.1, 0.15) is 20.8 Å². The van der Waals surface area contributed by atoms with Gasteiger partial charge in [0, 0.05) is 0 Å². The Kier molecular flexibility index (Phi) is 11.2. The van der Waals surface area contributed by atoms with E-state index >= 15 is 0 Å². The Morgan fingerprint density at radius 1 is 1.60 bits per heavy atom. The van der Waals surface area contributed by atoms with Crippen LogP contribution in [0, 0.1) is 5.92 Å². The van der Waals surface area contributed by atoms with E-state index in [1.54, 1.807) is 0 Å². The molecular weight excluding hydrogens is 202 g/mol. The van der Waals surface area contributed by atoms with Crippen molar-refractivity contribution in [2.75, 3.05) is 0 Å². The average Bonchev–Trinajstić information content (AvgIpc) is 1.83. The third-order valence-corrected chi connectivity index (χ3v) is 4.48. The Bertz CT molecular complexity index is 102. The first-order valence-corrected chi connectivity index (χ1v) is 5.60. The summed E-state index contributed by atoms with van der Waals surface area (Å²) >= 11 is 5.63. The topological polar surface area (TPSA) is 0 Å². The molecule has 0 heterocycles. The average molecular weight is 215 g/mol. The molecule has 0 aliphatic heterocycles. The van der Waals surface area contributed by atoms with Gasteiger partial charge in [-0.15, -0.1) is 0 Å². The van der Waals surface area contributed by atoms with Gasteiger partial charge < -0.3 is 0 Å². The fourth-order valence-corrected chi connectivity index (χ4v) is 2.08. The molecule has 54 valence electrons. The van der Waals surface area contributed by atoms with E-state index < -0.39 is 0 Å². The molecule has 0 fully saturated rings. The van der Waals surface area contributed by atoms with Crippen LogP contribution >= 0.6 is 0 Å². The predicted octanol–water partition coefficient (Wildman–Crippen LogP) is -0.823. The summed E-state index contributed by atoms with van der Waals surface area (Å²) in [5.74, 6) is 0.808. The van der Waals surface area contributed by atoms with Crippen molar-refractivity contribution in [2.45, 2.75) is 26.1 Å². The van der Waals surface area contributed by atoms with Crippen LogP contribution in [0.25, 0.3) is 0 Å². The number of rotatable bonds is 3. The largest absolute Gasteiger partial charge is 1.00 e. The van der Waals surface area contributed by atoms with Crippen LogP contribution < -0.4 is 18.9 Å². The summed E-state index contributed by atoms with van der Waals surface area (Å²) in [5.41, 5.74) is 0. The number of hydrogen-bond acceptors (Lipinski definition) is 1. The fourth-order valence-electron chi connectivity index (χ4n) is 0.332. The first-order valence-electron chi connectivity index (χ1n) is 3.13. The molecule has 0 radical (unpaired) electrons. The van der Waals surface area contributed by atoms with Crippen molar-refractivity contribution in [1.82, 2.24) is 0 Å². The molecule has 0 N–H and O–H groups in total. The molecule has 0 atom stereocenters. The van der Waals surface area contributed by atoms with Crippen molar-refractivity contribution in [3.8, 4) is 0 Å². The molecule has 0 aromatic rings. The molecule has 0 aliphatic carbocycles. The van der Waals surface area contributed by atoms with Gasteiger partial charge in [-0.2, -0.15) is 0 Å². The van der Waals surface area contributed by atoms with Crippen molar-refractivity contribution in [2.24, 2.45) is 5.92 Å². The monoisotopic (exact) mass is 216 g/mol. The summed E-state index contributed by atoms with van der Waals surface area (Å²) in [5, 5.41) is 1.29. The Hall–Kier alpha value is 1.08.